The van der Waals surface area contributed by atoms with Crippen LogP contribution in [-0.4, -0.2) is 11.9 Å². The molecule has 1 unspecified atom stereocenters. The van der Waals surface area contributed by atoms with Gasteiger partial charge >= 0.3 is 0 Å². The van der Waals surface area contributed by atoms with Gasteiger partial charge in [-0.05, 0) is 26.7 Å². The van der Waals surface area contributed by atoms with Crippen molar-refractivity contribution in [3.63, 3.8) is 0 Å². The Morgan fingerprint density at radius 2 is 1.75 bits per heavy atom. The van der Waals surface area contributed by atoms with E-state index < -0.39 is 0 Å². The van der Waals surface area contributed by atoms with Crippen LogP contribution in [0.5, 0.6) is 0 Å². The van der Waals surface area contributed by atoms with E-state index in [1.807, 2.05) is 13.8 Å². The molecule has 0 heterocycles. The van der Waals surface area contributed by atoms with Crippen molar-refractivity contribution in [2.75, 3.05) is 0 Å². The van der Waals surface area contributed by atoms with Gasteiger partial charge in [0.1, 0.15) is 0 Å². The molecule has 0 aliphatic heterocycles. The summed E-state index contributed by atoms with van der Waals surface area (Å²) in [6.45, 7) is 13.6. The van der Waals surface area contributed by atoms with Crippen molar-refractivity contribution in [3.05, 3.63) is 25.3 Å². The van der Waals surface area contributed by atoms with Crippen molar-refractivity contribution in [2.45, 2.75) is 52.0 Å². The van der Waals surface area contributed by atoms with Crippen LogP contribution in [0, 0.1) is 5.92 Å². The van der Waals surface area contributed by atoms with Gasteiger partial charge in [0.2, 0.25) is 5.91 Å². The summed E-state index contributed by atoms with van der Waals surface area (Å²) in [5.41, 5.74) is 0.943. The monoisotopic (exact) mass is 223 g/mol. The summed E-state index contributed by atoms with van der Waals surface area (Å²) in [4.78, 5) is 11.7. The summed E-state index contributed by atoms with van der Waals surface area (Å²) in [5.74, 6) is 0.0985. The van der Waals surface area contributed by atoms with Gasteiger partial charge in [-0.3, -0.25) is 4.79 Å². The molecule has 2 heteroatoms. The zero-order chi connectivity index (χ0) is 12.6. The maximum absolute atomic E-state index is 11.7. The molecule has 0 spiro atoms. The van der Waals surface area contributed by atoms with Crippen LogP contribution in [0.15, 0.2) is 25.3 Å². The Kier molecular flexibility index (Phi) is 7.61. The number of carbonyl (C=O) groups is 1. The molecule has 0 bridgehead atoms. The molecule has 2 nitrogen and oxygen atoms in total. The minimum Gasteiger partial charge on any atom is -0.353 e. The third-order valence-corrected chi connectivity index (χ3v) is 3.08. The predicted molar refractivity (Wildman–Crippen MR) is 70.2 cm³/mol. The minimum absolute atomic E-state index is 0.0445. The Morgan fingerprint density at radius 1 is 1.25 bits per heavy atom. The fraction of sp³-hybridized carbons (Fsp3) is 0.643. The van der Waals surface area contributed by atoms with Crippen LogP contribution in [-0.2, 0) is 4.79 Å². The topological polar surface area (TPSA) is 29.1 Å². The molecule has 92 valence electrons. The van der Waals surface area contributed by atoms with Crippen molar-refractivity contribution in [2.24, 2.45) is 5.92 Å². The first-order valence-corrected chi connectivity index (χ1v) is 6.07. The van der Waals surface area contributed by atoms with Gasteiger partial charge in [-0.2, -0.15) is 0 Å². The van der Waals surface area contributed by atoms with Crippen LogP contribution in [0.25, 0.3) is 0 Å². The first-order chi connectivity index (χ1) is 7.61. The third kappa shape index (κ3) is 5.15. The summed E-state index contributed by atoms with van der Waals surface area (Å²) in [5, 5.41) is 3.10. The molecule has 0 saturated heterocycles. The van der Waals surface area contributed by atoms with Crippen molar-refractivity contribution in [3.8, 4) is 0 Å². The first kappa shape index (κ1) is 14.9. The number of rotatable bonds is 3. The normalized spacial score (nSPS) is 17.9. The summed E-state index contributed by atoms with van der Waals surface area (Å²) < 4.78 is 0. The van der Waals surface area contributed by atoms with E-state index in [0.717, 1.165) is 18.4 Å². The second-order valence-corrected chi connectivity index (χ2v) is 4.41. The summed E-state index contributed by atoms with van der Waals surface area (Å²) >= 11 is 0. The van der Waals surface area contributed by atoms with Gasteiger partial charge in [0.25, 0.3) is 0 Å². The van der Waals surface area contributed by atoms with Gasteiger partial charge in [-0.15, -0.1) is 13.2 Å². The first-order valence-electron chi connectivity index (χ1n) is 6.07. The van der Waals surface area contributed by atoms with Gasteiger partial charge in [0.05, 0.1) is 5.92 Å². The number of hydrogen-bond acceptors (Lipinski definition) is 1. The third-order valence-electron chi connectivity index (χ3n) is 3.08. The molecule has 1 amide bonds. The molecule has 0 aromatic rings. The number of hydrogen-bond donors (Lipinski definition) is 1. The summed E-state index contributed by atoms with van der Waals surface area (Å²) in [6.07, 6.45) is 6.13. The summed E-state index contributed by atoms with van der Waals surface area (Å²) in [6, 6.07) is 0.415. The largest absolute Gasteiger partial charge is 0.353 e. The quantitative estimate of drug-likeness (QED) is 0.729. The molecule has 1 aliphatic rings. The Hall–Kier alpha value is -1.05. The SMILES string of the molecule is C=C.C=C(C)C(C)C(=O)NC1CCCCC1. The maximum Gasteiger partial charge on any atom is 0.227 e. The number of nitrogens with one attached hydrogen (secondary N) is 1. The number of carbonyl (C=O) groups excluding carboxylic acids is 1. The minimum atomic E-state index is -0.0445. The maximum atomic E-state index is 11.7. The van der Waals surface area contributed by atoms with Gasteiger partial charge in [0.15, 0.2) is 0 Å². The average Bonchev–Trinajstić information content (AvgIpc) is 2.31. The highest BCUT2D eigenvalue weighted by Gasteiger charge is 2.19. The molecule has 1 atom stereocenters. The van der Waals surface area contributed by atoms with E-state index >= 15 is 0 Å². The Labute approximate surface area is 99.8 Å². The van der Waals surface area contributed by atoms with Crippen molar-refractivity contribution >= 4 is 5.91 Å². The van der Waals surface area contributed by atoms with Crippen LogP contribution >= 0.6 is 0 Å². The Morgan fingerprint density at radius 3 is 2.19 bits per heavy atom. The average molecular weight is 223 g/mol. The van der Waals surface area contributed by atoms with Crippen LogP contribution in [0.2, 0.25) is 0 Å². The molecule has 1 N–H and O–H groups in total. The molecule has 16 heavy (non-hydrogen) atoms. The lowest BCUT2D eigenvalue weighted by molar-refractivity contribution is -0.124. The molecule has 1 saturated carbocycles. The van der Waals surface area contributed by atoms with Gasteiger partial charge < -0.3 is 5.32 Å². The molecule has 1 fully saturated rings. The Balaban J connectivity index is 0.00000106. The highest BCUT2D eigenvalue weighted by atomic mass is 16.1. The van der Waals surface area contributed by atoms with E-state index in [-0.39, 0.29) is 11.8 Å². The lowest BCUT2D eigenvalue weighted by atomic mass is 9.94. The zero-order valence-electron chi connectivity index (χ0n) is 10.7. The van der Waals surface area contributed by atoms with Crippen LogP contribution in [0.1, 0.15) is 46.0 Å². The van der Waals surface area contributed by atoms with Crippen LogP contribution in [0.4, 0.5) is 0 Å². The van der Waals surface area contributed by atoms with E-state index in [4.69, 9.17) is 0 Å². The molecular weight excluding hydrogens is 198 g/mol. The molecule has 0 aromatic heterocycles. The predicted octanol–water partition coefficient (Wildman–Crippen LogP) is 3.45. The van der Waals surface area contributed by atoms with Gasteiger partial charge in [0, 0.05) is 6.04 Å². The lowest BCUT2D eigenvalue weighted by Gasteiger charge is -2.24. The number of amides is 1. The highest BCUT2D eigenvalue weighted by Crippen LogP contribution is 2.18. The second-order valence-electron chi connectivity index (χ2n) is 4.41. The highest BCUT2D eigenvalue weighted by molar-refractivity contribution is 5.81. The Bertz CT molecular complexity index is 229. The fourth-order valence-electron chi connectivity index (χ4n) is 1.80. The summed E-state index contributed by atoms with van der Waals surface area (Å²) in [7, 11) is 0. The molecule has 0 aromatic carbocycles. The molecule has 1 aliphatic carbocycles. The van der Waals surface area contributed by atoms with Crippen LogP contribution < -0.4 is 5.32 Å². The van der Waals surface area contributed by atoms with E-state index in [1.54, 1.807) is 0 Å². The smallest absolute Gasteiger partial charge is 0.227 e. The standard InChI is InChI=1S/C12H21NO.C2H4/c1-9(2)10(3)12(14)13-11-7-5-4-6-8-11;1-2/h10-11H,1,4-8H2,2-3H3,(H,13,14);1-2H2. The van der Waals surface area contributed by atoms with Gasteiger partial charge in [-0.1, -0.05) is 31.4 Å². The second kappa shape index (κ2) is 8.14. The van der Waals surface area contributed by atoms with Gasteiger partial charge in [-0.25, -0.2) is 0 Å². The van der Waals surface area contributed by atoms with E-state index in [0.29, 0.717) is 6.04 Å². The molecule has 1 rings (SSSR count). The van der Waals surface area contributed by atoms with Crippen molar-refractivity contribution in [1.29, 1.82) is 0 Å². The van der Waals surface area contributed by atoms with Crippen molar-refractivity contribution < 1.29 is 4.79 Å². The fourth-order valence-corrected chi connectivity index (χ4v) is 1.80. The van der Waals surface area contributed by atoms with E-state index in [2.05, 4.69) is 25.1 Å². The lowest BCUT2D eigenvalue weighted by Crippen LogP contribution is -2.39. The van der Waals surface area contributed by atoms with Crippen LogP contribution in [0.3, 0.4) is 0 Å². The van der Waals surface area contributed by atoms with E-state index in [1.165, 1.54) is 19.3 Å². The van der Waals surface area contributed by atoms with E-state index in [9.17, 15) is 4.79 Å². The zero-order valence-corrected chi connectivity index (χ0v) is 10.7. The molecule has 0 radical (unpaired) electrons. The van der Waals surface area contributed by atoms with Crippen molar-refractivity contribution in [1.82, 2.24) is 5.32 Å². The molecular formula is C14H25NO.